The van der Waals surface area contributed by atoms with Gasteiger partial charge in [0.2, 0.25) is 11.8 Å². The van der Waals surface area contributed by atoms with E-state index in [0.717, 1.165) is 50.3 Å². The average Bonchev–Trinajstić information content (AvgIpc) is 2.79. The molecule has 188 valence electrons. The number of halogens is 3. The second-order valence-electron chi connectivity index (χ2n) is 8.80. The van der Waals surface area contributed by atoms with Crippen LogP contribution in [0.2, 0.25) is 0 Å². The van der Waals surface area contributed by atoms with Crippen LogP contribution in [-0.4, -0.2) is 28.9 Å². The van der Waals surface area contributed by atoms with Crippen molar-refractivity contribution in [1.29, 1.82) is 0 Å². The Morgan fingerprint density at radius 3 is 2.26 bits per heavy atom. The Morgan fingerprint density at radius 1 is 1.06 bits per heavy atom. The predicted molar refractivity (Wildman–Crippen MR) is 123 cm³/mol. The maximum Gasteiger partial charge on any atom is 0.420 e. The highest BCUT2D eigenvalue weighted by Gasteiger charge is 2.36. The van der Waals surface area contributed by atoms with E-state index in [0.29, 0.717) is 6.07 Å². The number of anilines is 1. The Kier molecular flexibility index (Phi) is 7.72. The van der Waals surface area contributed by atoms with Crippen molar-refractivity contribution in [3.8, 4) is 11.5 Å². The molecule has 3 rings (SSSR count). The number of nitrogens with zero attached hydrogens (tertiary/aromatic N) is 1. The van der Waals surface area contributed by atoms with Gasteiger partial charge in [-0.1, -0.05) is 19.3 Å². The zero-order valence-electron chi connectivity index (χ0n) is 19.4. The molecule has 2 aromatic carbocycles. The zero-order valence-corrected chi connectivity index (χ0v) is 19.4. The molecular weight excluding hydrogens is 465 g/mol. The van der Waals surface area contributed by atoms with Gasteiger partial charge >= 0.3 is 12.1 Å². The van der Waals surface area contributed by atoms with Crippen LogP contribution in [0.15, 0.2) is 36.4 Å². The van der Waals surface area contributed by atoms with E-state index in [9.17, 15) is 32.7 Å². The minimum atomic E-state index is -4.85. The third-order valence-corrected chi connectivity index (χ3v) is 5.96. The molecule has 0 atom stereocenters. The number of amides is 2. The lowest BCUT2D eigenvalue weighted by Gasteiger charge is -2.33. The molecule has 0 spiro atoms. The first-order chi connectivity index (χ1) is 16.4. The Labute approximate surface area is 200 Å². The lowest BCUT2D eigenvalue weighted by molar-refractivity contribution is -0.138. The summed E-state index contributed by atoms with van der Waals surface area (Å²) in [5.41, 5.74) is 3.38. The molecule has 0 bridgehead atoms. The topological polar surface area (TPSA) is 110 Å². The van der Waals surface area contributed by atoms with Crippen molar-refractivity contribution in [2.24, 2.45) is 11.7 Å². The molecule has 0 heterocycles. The summed E-state index contributed by atoms with van der Waals surface area (Å²) >= 11 is 0. The lowest BCUT2D eigenvalue weighted by atomic mass is 9.87. The summed E-state index contributed by atoms with van der Waals surface area (Å²) in [6, 6.07) is 6.04. The summed E-state index contributed by atoms with van der Waals surface area (Å²) < 4.78 is 46.1. The van der Waals surface area contributed by atoms with Gasteiger partial charge in [-0.05, 0) is 63.1 Å². The van der Waals surface area contributed by atoms with E-state index >= 15 is 0 Å². The monoisotopic (exact) mass is 492 g/mol. The zero-order chi connectivity index (χ0) is 25.9. The fourth-order valence-electron chi connectivity index (χ4n) is 4.28. The minimum absolute atomic E-state index is 0.149. The van der Waals surface area contributed by atoms with Crippen LogP contribution in [0.5, 0.6) is 11.5 Å². The Balaban J connectivity index is 2.00. The molecule has 1 aliphatic carbocycles. The van der Waals surface area contributed by atoms with Gasteiger partial charge in [-0.15, -0.1) is 0 Å². The number of carbonyl (C=O) groups excluding carboxylic acids is 2. The third kappa shape index (κ3) is 5.93. The van der Waals surface area contributed by atoms with E-state index < -0.39 is 29.4 Å². The Bertz CT molecular complexity index is 1120. The summed E-state index contributed by atoms with van der Waals surface area (Å²) in [4.78, 5) is 38.1. The van der Waals surface area contributed by atoms with E-state index in [1.807, 2.05) is 0 Å². The van der Waals surface area contributed by atoms with Gasteiger partial charge < -0.3 is 20.5 Å². The Morgan fingerprint density at radius 2 is 1.71 bits per heavy atom. The number of carboxylic acids is 1. The standard InChI is InChI=1S/C25H27F3N2O5/c1-14(2)30(23(32)15-6-4-3-5-7-15)20-10-9-17(13-18(20)24(33)34)35-21-11-8-16(22(29)31)12-19(21)25(26,27)28/h8-15H,3-7H2,1-2H3,(H2,29,31)(H,33,34). The van der Waals surface area contributed by atoms with E-state index in [2.05, 4.69) is 0 Å². The fourth-order valence-corrected chi connectivity index (χ4v) is 4.28. The molecular formula is C25H27F3N2O5. The fraction of sp³-hybridized carbons (Fsp3) is 0.400. The average molecular weight is 492 g/mol. The summed E-state index contributed by atoms with van der Waals surface area (Å²) in [6.07, 6.45) is -0.482. The lowest BCUT2D eigenvalue weighted by Crippen LogP contribution is -2.42. The molecule has 7 nitrogen and oxygen atoms in total. The minimum Gasteiger partial charge on any atom is -0.478 e. The number of alkyl halides is 3. The summed E-state index contributed by atoms with van der Waals surface area (Å²) in [5, 5.41) is 9.84. The molecule has 2 amide bonds. The smallest absolute Gasteiger partial charge is 0.420 e. The Hall–Kier alpha value is -3.56. The van der Waals surface area contributed by atoms with Crippen molar-refractivity contribution in [2.45, 2.75) is 58.2 Å². The van der Waals surface area contributed by atoms with Gasteiger partial charge in [0.1, 0.15) is 11.5 Å². The van der Waals surface area contributed by atoms with Gasteiger partial charge in [0.15, 0.2) is 0 Å². The van der Waals surface area contributed by atoms with Gasteiger partial charge in [-0.2, -0.15) is 13.2 Å². The van der Waals surface area contributed by atoms with Gasteiger partial charge in [-0.25, -0.2) is 4.79 Å². The molecule has 3 N–H and O–H groups in total. The number of aromatic carboxylic acids is 1. The number of hydrogen-bond donors (Lipinski definition) is 2. The molecule has 35 heavy (non-hydrogen) atoms. The van der Waals surface area contributed by atoms with Crippen LogP contribution in [0.1, 0.15) is 72.2 Å². The molecule has 2 aromatic rings. The van der Waals surface area contributed by atoms with Crippen molar-refractivity contribution in [3.05, 3.63) is 53.1 Å². The van der Waals surface area contributed by atoms with Crippen molar-refractivity contribution >= 4 is 23.5 Å². The second kappa shape index (κ2) is 10.4. The van der Waals surface area contributed by atoms with Crippen molar-refractivity contribution in [3.63, 3.8) is 0 Å². The van der Waals surface area contributed by atoms with E-state index in [1.165, 1.54) is 17.0 Å². The molecule has 0 aromatic heterocycles. The normalized spacial score (nSPS) is 14.6. The number of nitrogens with two attached hydrogens (primary N) is 1. The van der Waals surface area contributed by atoms with Gasteiger partial charge in [0.25, 0.3) is 0 Å². The molecule has 0 unspecified atom stereocenters. The molecule has 1 fully saturated rings. The number of carbonyl (C=O) groups is 3. The van der Waals surface area contributed by atoms with Crippen LogP contribution in [0.3, 0.4) is 0 Å². The van der Waals surface area contributed by atoms with Crippen LogP contribution in [-0.2, 0) is 11.0 Å². The van der Waals surface area contributed by atoms with Gasteiger partial charge in [0.05, 0.1) is 16.8 Å². The third-order valence-electron chi connectivity index (χ3n) is 5.96. The van der Waals surface area contributed by atoms with Crippen LogP contribution in [0.4, 0.5) is 18.9 Å². The largest absolute Gasteiger partial charge is 0.478 e. The molecule has 1 saturated carbocycles. The summed E-state index contributed by atoms with van der Waals surface area (Å²) in [7, 11) is 0. The first-order valence-corrected chi connectivity index (χ1v) is 11.3. The quantitative estimate of drug-likeness (QED) is 0.522. The maximum absolute atomic E-state index is 13.6. The maximum atomic E-state index is 13.6. The summed E-state index contributed by atoms with van der Waals surface area (Å²) in [5.74, 6) is -3.55. The second-order valence-corrected chi connectivity index (χ2v) is 8.80. The SMILES string of the molecule is CC(C)N(C(=O)C1CCCCC1)c1ccc(Oc2ccc(C(N)=O)cc2C(F)(F)F)cc1C(=O)O. The molecule has 0 aliphatic heterocycles. The molecule has 1 aliphatic rings. The number of benzene rings is 2. The highest BCUT2D eigenvalue weighted by Crippen LogP contribution is 2.40. The van der Waals surface area contributed by atoms with E-state index in [-0.39, 0.29) is 40.4 Å². The van der Waals surface area contributed by atoms with E-state index in [4.69, 9.17) is 10.5 Å². The first-order valence-electron chi connectivity index (χ1n) is 11.3. The highest BCUT2D eigenvalue weighted by molar-refractivity contribution is 6.03. The number of hydrogen-bond acceptors (Lipinski definition) is 4. The number of primary amides is 1. The highest BCUT2D eigenvalue weighted by atomic mass is 19.4. The number of rotatable bonds is 7. The molecule has 0 saturated heterocycles. The van der Waals surface area contributed by atoms with E-state index in [1.54, 1.807) is 13.8 Å². The summed E-state index contributed by atoms with van der Waals surface area (Å²) in [6.45, 7) is 3.54. The van der Waals surface area contributed by atoms with Crippen LogP contribution in [0, 0.1) is 5.92 Å². The van der Waals surface area contributed by atoms with Crippen molar-refractivity contribution in [1.82, 2.24) is 0 Å². The molecule has 10 heteroatoms. The molecule has 0 radical (unpaired) electrons. The first kappa shape index (κ1) is 26.1. The van der Waals surface area contributed by atoms with Crippen molar-refractivity contribution in [2.75, 3.05) is 4.90 Å². The van der Waals surface area contributed by atoms with Crippen LogP contribution >= 0.6 is 0 Å². The number of carboxylic acid groups (broad SMARTS) is 1. The predicted octanol–water partition coefficient (Wildman–Crippen LogP) is 5.62. The van der Waals surface area contributed by atoms with Crippen LogP contribution in [0.25, 0.3) is 0 Å². The van der Waals surface area contributed by atoms with Crippen molar-refractivity contribution < 1.29 is 37.4 Å². The number of ether oxygens (including phenoxy) is 1. The van der Waals surface area contributed by atoms with Gasteiger partial charge in [0, 0.05) is 17.5 Å². The van der Waals surface area contributed by atoms with Gasteiger partial charge in [-0.3, -0.25) is 9.59 Å². The van der Waals surface area contributed by atoms with Crippen LogP contribution < -0.4 is 15.4 Å².